The van der Waals surface area contributed by atoms with Gasteiger partial charge in [0.05, 0.1) is 10.5 Å². The molecule has 0 radical (unpaired) electrons. The van der Waals surface area contributed by atoms with E-state index >= 15 is 0 Å². The summed E-state index contributed by atoms with van der Waals surface area (Å²) in [5.41, 5.74) is 1.64. The van der Waals surface area contributed by atoms with Crippen LogP contribution in [0.15, 0.2) is 51.4 Å². The third-order valence-corrected chi connectivity index (χ3v) is 4.41. The molecule has 3 aromatic rings. The molecule has 0 aliphatic heterocycles. The molecule has 0 saturated carbocycles. The Morgan fingerprint density at radius 1 is 1.28 bits per heavy atom. The molecule has 25 heavy (non-hydrogen) atoms. The van der Waals surface area contributed by atoms with Crippen molar-refractivity contribution in [1.82, 2.24) is 5.32 Å². The van der Waals surface area contributed by atoms with E-state index in [9.17, 15) is 9.90 Å². The minimum atomic E-state index is -0.191. The SMILES string of the molecule is CC(=O)NC(C)c1cc2ccc(OCc3ccc(O)c(Br)c3)cc2o1. The first-order chi connectivity index (χ1) is 11.9. The highest BCUT2D eigenvalue weighted by Crippen LogP contribution is 2.28. The largest absolute Gasteiger partial charge is 0.507 e. The Kier molecular flexibility index (Phi) is 4.99. The predicted molar refractivity (Wildman–Crippen MR) is 98.6 cm³/mol. The van der Waals surface area contributed by atoms with Gasteiger partial charge in [0.25, 0.3) is 0 Å². The molecular weight excluding hydrogens is 386 g/mol. The van der Waals surface area contributed by atoms with Gasteiger partial charge in [0, 0.05) is 18.4 Å². The third-order valence-electron chi connectivity index (χ3n) is 3.77. The van der Waals surface area contributed by atoms with E-state index in [1.54, 1.807) is 12.1 Å². The second-order valence-electron chi connectivity index (χ2n) is 5.85. The second-order valence-corrected chi connectivity index (χ2v) is 6.70. The fraction of sp³-hybridized carbons (Fsp3) is 0.211. The lowest BCUT2D eigenvalue weighted by molar-refractivity contribution is -0.119. The number of hydrogen-bond donors (Lipinski definition) is 2. The summed E-state index contributed by atoms with van der Waals surface area (Å²) in [7, 11) is 0. The number of aromatic hydroxyl groups is 1. The average molecular weight is 404 g/mol. The molecule has 0 saturated heterocycles. The van der Waals surface area contributed by atoms with Crippen molar-refractivity contribution in [1.29, 1.82) is 0 Å². The number of furan rings is 1. The summed E-state index contributed by atoms with van der Waals surface area (Å²) in [5, 5.41) is 13.3. The van der Waals surface area contributed by atoms with Gasteiger partial charge in [0.15, 0.2) is 0 Å². The van der Waals surface area contributed by atoms with E-state index in [-0.39, 0.29) is 17.7 Å². The number of ether oxygens (including phenoxy) is 1. The maximum Gasteiger partial charge on any atom is 0.217 e. The molecule has 1 heterocycles. The third kappa shape index (κ3) is 4.14. The Hall–Kier alpha value is -2.47. The fourth-order valence-electron chi connectivity index (χ4n) is 2.52. The molecule has 6 heteroatoms. The number of rotatable bonds is 5. The highest BCUT2D eigenvalue weighted by Gasteiger charge is 2.13. The van der Waals surface area contributed by atoms with E-state index < -0.39 is 0 Å². The van der Waals surface area contributed by atoms with Gasteiger partial charge in [0.2, 0.25) is 5.91 Å². The summed E-state index contributed by atoms with van der Waals surface area (Å²) in [6.45, 7) is 3.73. The Balaban J connectivity index is 1.74. The molecule has 0 spiro atoms. The summed E-state index contributed by atoms with van der Waals surface area (Å²) in [6.07, 6.45) is 0. The minimum absolute atomic E-state index is 0.1000. The van der Waals surface area contributed by atoms with Crippen molar-refractivity contribution in [2.75, 3.05) is 0 Å². The molecule has 1 atom stereocenters. The smallest absolute Gasteiger partial charge is 0.217 e. The van der Waals surface area contributed by atoms with Gasteiger partial charge in [0.1, 0.15) is 29.4 Å². The maximum atomic E-state index is 11.2. The topological polar surface area (TPSA) is 71.7 Å². The quantitative estimate of drug-likeness (QED) is 0.648. The van der Waals surface area contributed by atoms with Crippen LogP contribution in [0.2, 0.25) is 0 Å². The van der Waals surface area contributed by atoms with E-state index in [4.69, 9.17) is 9.15 Å². The number of carbonyl (C=O) groups is 1. The van der Waals surface area contributed by atoms with Crippen LogP contribution < -0.4 is 10.1 Å². The number of phenols is 1. The molecule has 2 N–H and O–H groups in total. The summed E-state index contributed by atoms with van der Waals surface area (Å²) in [6, 6.07) is 12.6. The Morgan fingerprint density at radius 2 is 2.08 bits per heavy atom. The summed E-state index contributed by atoms with van der Waals surface area (Å²) in [5.74, 6) is 1.48. The van der Waals surface area contributed by atoms with E-state index in [1.165, 1.54) is 6.92 Å². The van der Waals surface area contributed by atoms with Crippen LogP contribution in [0.1, 0.15) is 31.2 Å². The monoisotopic (exact) mass is 403 g/mol. The number of benzene rings is 2. The van der Waals surface area contributed by atoms with Gasteiger partial charge < -0.3 is 19.6 Å². The van der Waals surface area contributed by atoms with Crippen molar-refractivity contribution in [2.45, 2.75) is 26.5 Å². The Morgan fingerprint density at radius 3 is 2.80 bits per heavy atom. The zero-order valence-corrected chi connectivity index (χ0v) is 15.5. The minimum Gasteiger partial charge on any atom is -0.507 e. The van der Waals surface area contributed by atoms with Crippen molar-refractivity contribution in [3.8, 4) is 11.5 Å². The van der Waals surface area contributed by atoms with Crippen molar-refractivity contribution in [3.05, 3.63) is 58.3 Å². The van der Waals surface area contributed by atoms with E-state index in [1.807, 2.05) is 37.3 Å². The number of nitrogens with one attached hydrogen (secondary N) is 1. The molecule has 1 amide bonds. The van der Waals surface area contributed by atoms with Crippen LogP contribution in [-0.4, -0.2) is 11.0 Å². The first-order valence-corrected chi connectivity index (χ1v) is 8.62. The Bertz CT molecular complexity index is 919. The van der Waals surface area contributed by atoms with Gasteiger partial charge >= 0.3 is 0 Å². The van der Waals surface area contributed by atoms with Gasteiger partial charge in [-0.3, -0.25) is 4.79 Å². The highest BCUT2D eigenvalue weighted by atomic mass is 79.9. The number of halogens is 1. The van der Waals surface area contributed by atoms with Crippen LogP contribution in [-0.2, 0) is 11.4 Å². The number of amides is 1. The van der Waals surface area contributed by atoms with Gasteiger partial charge in [-0.2, -0.15) is 0 Å². The molecule has 3 rings (SSSR count). The van der Waals surface area contributed by atoms with Crippen LogP contribution in [0.3, 0.4) is 0 Å². The average Bonchev–Trinajstić information content (AvgIpc) is 2.99. The van der Waals surface area contributed by atoms with Crippen LogP contribution in [0.5, 0.6) is 11.5 Å². The lowest BCUT2D eigenvalue weighted by atomic mass is 10.2. The molecule has 1 aromatic heterocycles. The predicted octanol–water partition coefficient (Wildman–Crippen LogP) is 4.68. The molecule has 130 valence electrons. The standard InChI is InChI=1S/C19H18BrNO4/c1-11(21-12(2)22)18-8-14-4-5-15(9-19(14)25-18)24-10-13-3-6-17(23)16(20)7-13/h3-9,11,23H,10H2,1-2H3,(H,21,22). The highest BCUT2D eigenvalue weighted by molar-refractivity contribution is 9.10. The van der Waals surface area contributed by atoms with E-state index in [2.05, 4.69) is 21.2 Å². The fourth-order valence-corrected chi connectivity index (χ4v) is 2.94. The van der Waals surface area contributed by atoms with Crippen LogP contribution in [0.25, 0.3) is 11.0 Å². The molecule has 0 aliphatic rings. The number of fused-ring (bicyclic) bond motifs is 1. The number of carbonyl (C=O) groups excluding carboxylic acids is 1. The molecular formula is C19H18BrNO4. The van der Waals surface area contributed by atoms with Gasteiger partial charge in [-0.15, -0.1) is 0 Å². The van der Waals surface area contributed by atoms with Crippen molar-refractivity contribution < 1.29 is 19.1 Å². The van der Waals surface area contributed by atoms with Crippen molar-refractivity contribution in [3.63, 3.8) is 0 Å². The van der Waals surface area contributed by atoms with Crippen LogP contribution in [0.4, 0.5) is 0 Å². The van der Waals surface area contributed by atoms with E-state index in [0.29, 0.717) is 28.2 Å². The first kappa shape index (κ1) is 17.4. The van der Waals surface area contributed by atoms with E-state index in [0.717, 1.165) is 10.9 Å². The lowest BCUT2D eigenvalue weighted by Crippen LogP contribution is -2.23. The summed E-state index contributed by atoms with van der Waals surface area (Å²) in [4.78, 5) is 11.2. The lowest BCUT2D eigenvalue weighted by Gasteiger charge is -2.08. The normalized spacial score (nSPS) is 12.1. The number of phenolic OH excluding ortho intramolecular Hbond substituents is 1. The molecule has 1 unspecified atom stereocenters. The first-order valence-electron chi connectivity index (χ1n) is 7.83. The van der Waals surface area contributed by atoms with Crippen molar-refractivity contribution in [2.24, 2.45) is 0 Å². The molecule has 5 nitrogen and oxygen atoms in total. The second kappa shape index (κ2) is 7.19. The summed E-state index contributed by atoms with van der Waals surface area (Å²) >= 11 is 3.29. The van der Waals surface area contributed by atoms with Gasteiger partial charge in [-0.25, -0.2) is 0 Å². The maximum absolute atomic E-state index is 11.2. The molecule has 0 bridgehead atoms. The molecule has 2 aromatic carbocycles. The van der Waals surface area contributed by atoms with Gasteiger partial charge in [-0.1, -0.05) is 6.07 Å². The Labute approximate surface area is 153 Å². The van der Waals surface area contributed by atoms with Crippen molar-refractivity contribution >= 4 is 32.8 Å². The number of hydrogen-bond acceptors (Lipinski definition) is 4. The molecule has 0 aliphatic carbocycles. The van der Waals surface area contributed by atoms with Crippen LogP contribution >= 0.6 is 15.9 Å². The summed E-state index contributed by atoms with van der Waals surface area (Å²) < 4.78 is 12.3. The van der Waals surface area contributed by atoms with Crippen LogP contribution in [0, 0.1) is 0 Å². The zero-order chi connectivity index (χ0) is 18.0. The zero-order valence-electron chi connectivity index (χ0n) is 13.9. The molecule has 0 fully saturated rings. The van der Waals surface area contributed by atoms with Gasteiger partial charge in [-0.05, 0) is 58.7 Å².